The van der Waals surface area contributed by atoms with Crippen molar-refractivity contribution in [3.8, 4) is 5.75 Å². The number of benzene rings is 2. The molecule has 0 saturated heterocycles. The van der Waals surface area contributed by atoms with E-state index in [-0.39, 0.29) is 0 Å². The number of hydrogen-bond donors (Lipinski definition) is 2. The average molecular weight is 370 g/mol. The third kappa shape index (κ3) is 5.85. The highest BCUT2D eigenvalue weighted by molar-refractivity contribution is 5.96. The van der Waals surface area contributed by atoms with Gasteiger partial charge in [-0.1, -0.05) is 25.1 Å². The van der Waals surface area contributed by atoms with Crippen molar-refractivity contribution in [3.05, 3.63) is 60.2 Å². The van der Waals surface area contributed by atoms with Crippen LogP contribution in [0.25, 0.3) is 0 Å². The Morgan fingerprint density at radius 2 is 1.67 bits per heavy atom. The van der Waals surface area contributed by atoms with Gasteiger partial charge in [0.2, 0.25) is 5.91 Å². The summed E-state index contributed by atoms with van der Waals surface area (Å²) in [5.74, 6) is -1.12. The molecule has 0 fully saturated rings. The van der Waals surface area contributed by atoms with Gasteiger partial charge >= 0.3 is 5.97 Å². The topological polar surface area (TPSA) is 108 Å². The molecule has 0 aromatic heterocycles. The first-order valence-electron chi connectivity index (χ1n) is 8.53. The highest BCUT2D eigenvalue weighted by Crippen LogP contribution is 2.15. The minimum Gasteiger partial charge on any atom is -0.479 e. The molecule has 0 heterocycles. The van der Waals surface area contributed by atoms with E-state index in [1.165, 1.54) is 19.1 Å². The van der Waals surface area contributed by atoms with Crippen molar-refractivity contribution in [2.24, 2.45) is 5.73 Å². The summed E-state index contributed by atoms with van der Waals surface area (Å²) in [6, 6.07) is 15.0. The minimum absolute atomic E-state index is 0.330. The number of rotatable bonds is 8. The molecule has 0 saturated carbocycles. The molecule has 0 aliphatic carbocycles. The van der Waals surface area contributed by atoms with Gasteiger partial charge in [0.15, 0.2) is 12.2 Å². The molecule has 142 valence electrons. The Labute approximate surface area is 157 Å². The van der Waals surface area contributed by atoms with Crippen LogP contribution in [0.15, 0.2) is 54.6 Å². The van der Waals surface area contributed by atoms with Crippen molar-refractivity contribution in [3.63, 3.8) is 0 Å². The van der Waals surface area contributed by atoms with E-state index in [9.17, 15) is 14.4 Å². The Morgan fingerprint density at radius 1 is 1.04 bits per heavy atom. The van der Waals surface area contributed by atoms with E-state index in [1.807, 2.05) is 6.07 Å². The number of ether oxygens (including phenoxy) is 2. The summed E-state index contributed by atoms with van der Waals surface area (Å²) in [6.07, 6.45) is -1.42. The number of nitrogens with one attached hydrogen (secondary N) is 1. The van der Waals surface area contributed by atoms with Crippen molar-refractivity contribution in [1.82, 2.24) is 0 Å². The number of hydrogen-bond acceptors (Lipinski definition) is 5. The zero-order valence-corrected chi connectivity index (χ0v) is 15.2. The first-order valence-corrected chi connectivity index (χ1v) is 8.53. The third-order valence-corrected chi connectivity index (χ3v) is 3.75. The number of nitrogens with two attached hydrogens (primary N) is 1. The molecular weight excluding hydrogens is 348 g/mol. The number of carbonyl (C=O) groups excluding carboxylic acids is 3. The zero-order valence-electron chi connectivity index (χ0n) is 15.2. The van der Waals surface area contributed by atoms with Gasteiger partial charge in [0.1, 0.15) is 5.75 Å². The molecule has 2 amide bonds. The van der Waals surface area contributed by atoms with Crippen LogP contribution in [0.5, 0.6) is 5.75 Å². The van der Waals surface area contributed by atoms with Gasteiger partial charge in [-0.25, -0.2) is 4.79 Å². The van der Waals surface area contributed by atoms with Gasteiger partial charge in [-0.3, -0.25) is 9.59 Å². The van der Waals surface area contributed by atoms with Crippen LogP contribution < -0.4 is 15.8 Å². The molecule has 7 heteroatoms. The number of esters is 1. The van der Waals surface area contributed by atoms with Gasteiger partial charge in [-0.15, -0.1) is 0 Å². The Balaban J connectivity index is 1.91. The van der Waals surface area contributed by atoms with Crippen LogP contribution in [0.3, 0.4) is 0 Å². The van der Waals surface area contributed by atoms with Crippen molar-refractivity contribution in [1.29, 1.82) is 0 Å². The molecule has 7 nitrogen and oxygen atoms in total. The van der Waals surface area contributed by atoms with Gasteiger partial charge < -0.3 is 20.5 Å². The maximum atomic E-state index is 12.3. The highest BCUT2D eigenvalue weighted by Gasteiger charge is 2.25. The lowest BCUT2D eigenvalue weighted by Crippen LogP contribution is -2.36. The molecule has 3 N–H and O–H groups in total. The lowest BCUT2D eigenvalue weighted by Gasteiger charge is -2.19. The van der Waals surface area contributed by atoms with Crippen molar-refractivity contribution in [2.75, 3.05) is 5.32 Å². The quantitative estimate of drug-likeness (QED) is 0.694. The Morgan fingerprint density at radius 3 is 2.22 bits per heavy atom. The molecule has 0 spiro atoms. The molecule has 2 atom stereocenters. The van der Waals surface area contributed by atoms with E-state index in [4.69, 9.17) is 15.2 Å². The van der Waals surface area contributed by atoms with Crippen molar-refractivity contribution in [2.45, 2.75) is 32.5 Å². The van der Waals surface area contributed by atoms with Crippen LogP contribution in [0.1, 0.15) is 30.6 Å². The second-order valence-electron chi connectivity index (χ2n) is 5.84. The fourth-order valence-electron chi connectivity index (χ4n) is 2.23. The van der Waals surface area contributed by atoms with Gasteiger partial charge in [-0.05, 0) is 49.7 Å². The van der Waals surface area contributed by atoms with E-state index in [2.05, 4.69) is 5.32 Å². The number of para-hydroxylation sites is 1. The molecule has 27 heavy (non-hydrogen) atoms. The summed E-state index contributed by atoms with van der Waals surface area (Å²) < 4.78 is 10.8. The van der Waals surface area contributed by atoms with E-state index >= 15 is 0 Å². The Kier molecular flexibility index (Phi) is 6.93. The molecule has 0 bridgehead atoms. The molecule has 2 aromatic carbocycles. The largest absolute Gasteiger partial charge is 0.479 e. The van der Waals surface area contributed by atoms with Gasteiger partial charge in [0, 0.05) is 11.3 Å². The SMILES string of the molecule is CC[C@H](Oc1ccccc1)C(=O)O[C@H](C)C(=O)Nc1ccc(C(N)=O)cc1. The monoisotopic (exact) mass is 370 g/mol. The second kappa shape index (κ2) is 9.38. The van der Waals surface area contributed by atoms with Crippen LogP contribution in [-0.4, -0.2) is 30.0 Å². The molecule has 2 rings (SSSR count). The first-order chi connectivity index (χ1) is 12.9. The van der Waals surface area contributed by atoms with E-state index in [1.54, 1.807) is 43.3 Å². The fraction of sp³-hybridized carbons (Fsp3) is 0.250. The van der Waals surface area contributed by atoms with E-state index in [0.717, 1.165) is 0 Å². The summed E-state index contributed by atoms with van der Waals surface area (Å²) in [6.45, 7) is 3.26. The lowest BCUT2D eigenvalue weighted by molar-refractivity contribution is -0.160. The van der Waals surface area contributed by atoms with Crippen molar-refractivity contribution < 1.29 is 23.9 Å². The Bertz CT molecular complexity index is 790. The standard InChI is InChI=1S/C20H22N2O5/c1-3-17(27-16-7-5-4-6-8-16)20(25)26-13(2)19(24)22-15-11-9-14(10-12-15)18(21)23/h4-13,17H,3H2,1-2H3,(H2,21,23)(H,22,24)/t13-,17+/m1/s1. The number of carbonyl (C=O) groups is 3. The molecule has 0 aliphatic rings. The first kappa shape index (κ1) is 20.0. The van der Waals surface area contributed by atoms with Crippen LogP contribution in [0, 0.1) is 0 Å². The summed E-state index contributed by atoms with van der Waals surface area (Å²) in [4.78, 5) is 35.6. The molecule has 0 unspecified atom stereocenters. The minimum atomic E-state index is -1.01. The molecule has 2 aromatic rings. The molecule has 0 aliphatic heterocycles. The van der Waals surface area contributed by atoms with Gasteiger partial charge in [-0.2, -0.15) is 0 Å². The molecule has 0 radical (unpaired) electrons. The van der Waals surface area contributed by atoms with Crippen LogP contribution in [0.2, 0.25) is 0 Å². The van der Waals surface area contributed by atoms with E-state index in [0.29, 0.717) is 23.4 Å². The third-order valence-electron chi connectivity index (χ3n) is 3.75. The highest BCUT2D eigenvalue weighted by atomic mass is 16.6. The summed E-state index contributed by atoms with van der Waals surface area (Å²) in [5, 5.41) is 2.61. The fourth-order valence-corrected chi connectivity index (χ4v) is 2.23. The predicted octanol–water partition coefficient (Wildman–Crippen LogP) is 2.51. The summed E-state index contributed by atoms with van der Waals surface area (Å²) >= 11 is 0. The zero-order chi connectivity index (χ0) is 19.8. The van der Waals surface area contributed by atoms with Crippen molar-refractivity contribution >= 4 is 23.5 Å². The number of primary amides is 1. The maximum absolute atomic E-state index is 12.3. The summed E-state index contributed by atoms with van der Waals surface area (Å²) in [7, 11) is 0. The normalized spacial score (nSPS) is 12.5. The second-order valence-corrected chi connectivity index (χ2v) is 5.84. The smallest absolute Gasteiger partial charge is 0.348 e. The van der Waals surface area contributed by atoms with Crippen LogP contribution in [0.4, 0.5) is 5.69 Å². The molecular formula is C20H22N2O5. The van der Waals surface area contributed by atoms with Gasteiger partial charge in [0.25, 0.3) is 5.91 Å². The summed E-state index contributed by atoms with van der Waals surface area (Å²) in [5.41, 5.74) is 5.96. The number of amides is 2. The van der Waals surface area contributed by atoms with Gasteiger partial charge in [0.05, 0.1) is 0 Å². The lowest BCUT2D eigenvalue weighted by atomic mass is 10.2. The van der Waals surface area contributed by atoms with E-state index < -0.39 is 30.0 Å². The number of anilines is 1. The van der Waals surface area contributed by atoms with Crippen LogP contribution in [-0.2, 0) is 14.3 Å². The average Bonchev–Trinajstić information content (AvgIpc) is 2.67. The van der Waals surface area contributed by atoms with Crippen LogP contribution >= 0.6 is 0 Å². The maximum Gasteiger partial charge on any atom is 0.348 e. The Hall–Kier alpha value is -3.35. The predicted molar refractivity (Wildman–Crippen MR) is 100 cm³/mol.